The third kappa shape index (κ3) is 4.08. The van der Waals surface area contributed by atoms with Crippen LogP contribution in [0.3, 0.4) is 0 Å². The smallest absolute Gasteiger partial charge is 0.332 e. The van der Waals surface area contributed by atoms with E-state index in [4.69, 9.17) is 4.84 Å². The number of fused-ring (bicyclic) bond motifs is 1. The number of aliphatic hydroxyl groups is 1. The van der Waals surface area contributed by atoms with Crippen LogP contribution in [0.2, 0.25) is 0 Å². The Hall–Kier alpha value is -1.81. The molecule has 0 spiro atoms. The molecule has 0 fully saturated rings. The summed E-state index contributed by atoms with van der Waals surface area (Å²) in [5, 5.41) is 10.3. The Morgan fingerprint density at radius 3 is 2.71 bits per heavy atom. The number of hydrogen-bond acceptors (Lipinski definition) is 3. The Bertz CT molecular complexity index is 589. The van der Waals surface area contributed by atoms with Crippen molar-refractivity contribution in [2.45, 2.75) is 52.1 Å². The van der Waals surface area contributed by atoms with Crippen molar-refractivity contribution < 1.29 is 14.7 Å². The molecule has 2 rings (SSSR count). The van der Waals surface area contributed by atoms with E-state index in [0.29, 0.717) is 6.42 Å². The van der Waals surface area contributed by atoms with Crippen molar-refractivity contribution >= 4 is 16.9 Å². The van der Waals surface area contributed by atoms with Gasteiger partial charge in [-0.1, -0.05) is 50.8 Å². The van der Waals surface area contributed by atoms with E-state index in [0.717, 1.165) is 29.3 Å². The van der Waals surface area contributed by atoms with Crippen LogP contribution in [0.1, 0.15) is 51.0 Å². The van der Waals surface area contributed by atoms with E-state index in [1.54, 1.807) is 6.20 Å². The number of hydrogen-bond donors (Lipinski definition) is 1. The summed E-state index contributed by atoms with van der Waals surface area (Å²) in [6.07, 6.45) is 7.64. The molecular weight excluding hydrogens is 266 g/mol. The molecule has 0 atom stereocenters. The minimum absolute atomic E-state index is 0.0674. The van der Waals surface area contributed by atoms with Gasteiger partial charge < -0.3 is 9.94 Å². The van der Waals surface area contributed by atoms with E-state index >= 15 is 0 Å². The fraction of sp³-hybridized carbons (Fsp3) is 0.471. The van der Waals surface area contributed by atoms with E-state index in [2.05, 4.69) is 6.92 Å². The standard InChI is InChI=1S/C17H23NO3/c1-2-3-4-5-6-11-17(20)21-18-12-14(13-19)15-9-7-8-10-16(15)18/h7-10,12,19H,2-6,11,13H2,1H3. The Kier molecular flexibility index (Phi) is 5.81. The summed E-state index contributed by atoms with van der Waals surface area (Å²) in [7, 11) is 0. The van der Waals surface area contributed by atoms with Gasteiger partial charge in [0.2, 0.25) is 0 Å². The molecule has 114 valence electrons. The topological polar surface area (TPSA) is 51.5 Å². The number of carbonyl (C=O) groups excluding carboxylic acids is 1. The van der Waals surface area contributed by atoms with Gasteiger partial charge in [-0.2, -0.15) is 4.73 Å². The molecule has 0 aliphatic rings. The normalized spacial score (nSPS) is 11.0. The highest BCUT2D eigenvalue weighted by atomic mass is 16.7. The van der Waals surface area contributed by atoms with Gasteiger partial charge in [-0.15, -0.1) is 0 Å². The highest BCUT2D eigenvalue weighted by molar-refractivity contribution is 5.84. The molecule has 0 aliphatic heterocycles. The van der Waals surface area contributed by atoms with Crippen LogP contribution in [-0.4, -0.2) is 15.8 Å². The second kappa shape index (κ2) is 7.84. The molecule has 4 heteroatoms. The molecule has 2 aromatic rings. The van der Waals surface area contributed by atoms with Crippen molar-refractivity contribution in [3.8, 4) is 0 Å². The summed E-state index contributed by atoms with van der Waals surface area (Å²) in [5.41, 5.74) is 1.57. The van der Waals surface area contributed by atoms with Gasteiger partial charge in [-0.3, -0.25) is 0 Å². The quantitative estimate of drug-likeness (QED) is 0.757. The lowest BCUT2D eigenvalue weighted by Crippen LogP contribution is -2.18. The summed E-state index contributed by atoms with van der Waals surface area (Å²) in [6.45, 7) is 2.10. The van der Waals surface area contributed by atoms with Crippen LogP contribution in [0, 0.1) is 0 Å². The Labute approximate surface area is 125 Å². The molecule has 4 nitrogen and oxygen atoms in total. The highest BCUT2D eigenvalue weighted by Gasteiger charge is 2.11. The van der Waals surface area contributed by atoms with Crippen LogP contribution in [0.4, 0.5) is 0 Å². The average molecular weight is 289 g/mol. The van der Waals surface area contributed by atoms with E-state index in [1.165, 1.54) is 24.0 Å². The number of nitrogens with zero attached hydrogens (tertiary/aromatic N) is 1. The van der Waals surface area contributed by atoms with Gasteiger partial charge in [0.05, 0.1) is 18.3 Å². The molecule has 0 radical (unpaired) electrons. The lowest BCUT2D eigenvalue weighted by molar-refractivity contribution is -0.143. The molecule has 0 unspecified atom stereocenters. The lowest BCUT2D eigenvalue weighted by atomic mass is 10.1. The van der Waals surface area contributed by atoms with Crippen molar-refractivity contribution in [2.24, 2.45) is 0 Å². The van der Waals surface area contributed by atoms with Crippen LogP contribution in [0.25, 0.3) is 10.9 Å². The van der Waals surface area contributed by atoms with E-state index in [-0.39, 0.29) is 12.6 Å². The molecule has 1 aromatic carbocycles. The number of aromatic nitrogens is 1. The summed E-state index contributed by atoms with van der Waals surface area (Å²) < 4.78 is 1.47. The maximum absolute atomic E-state index is 11.9. The molecule has 0 saturated heterocycles. The predicted octanol–water partition coefficient (Wildman–Crippen LogP) is 3.45. The lowest BCUT2D eigenvalue weighted by Gasteiger charge is -2.06. The highest BCUT2D eigenvalue weighted by Crippen LogP contribution is 2.20. The maximum atomic E-state index is 11.9. The van der Waals surface area contributed by atoms with Crippen molar-refractivity contribution in [3.63, 3.8) is 0 Å². The van der Waals surface area contributed by atoms with Crippen molar-refractivity contribution in [2.75, 3.05) is 0 Å². The second-order valence-corrected chi connectivity index (χ2v) is 5.28. The Morgan fingerprint density at radius 2 is 1.95 bits per heavy atom. The molecular formula is C17H23NO3. The SMILES string of the molecule is CCCCCCCC(=O)On1cc(CO)c2ccccc21. The van der Waals surface area contributed by atoms with Crippen LogP contribution in [0.5, 0.6) is 0 Å². The van der Waals surface area contributed by atoms with Crippen LogP contribution >= 0.6 is 0 Å². The van der Waals surface area contributed by atoms with Crippen LogP contribution in [-0.2, 0) is 11.4 Å². The number of carbonyl (C=O) groups is 1. The molecule has 0 aliphatic carbocycles. The zero-order valence-corrected chi connectivity index (χ0v) is 12.5. The molecule has 1 heterocycles. The van der Waals surface area contributed by atoms with Gasteiger partial charge in [0, 0.05) is 17.4 Å². The molecule has 21 heavy (non-hydrogen) atoms. The third-order valence-corrected chi connectivity index (χ3v) is 3.62. The summed E-state index contributed by atoms with van der Waals surface area (Å²) in [5.74, 6) is -0.225. The largest absolute Gasteiger partial charge is 0.392 e. The van der Waals surface area contributed by atoms with Gasteiger partial charge in [-0.25, -0.2) is 4.79 Å². The number of benzene rings is 1. The summed E-state index contributed by atoms with van der Waals surface area (Å²) >= 11 is 0. The first-order valence-electron chi connectivity index (χ1n) is 7.67. The Balaban J connectivity index is 1.95. The predicted molar refractivity (Wildman–Crippen MR) is 82.8 cm³/mol. The van der Waals surface area contributed by atoms with Gasteiger partial charge in [-0.05, 0) is 12.5 Å². The van der Waals surface area contributed by atoms with Crippen LogP contribution in [0.15, 0.2) is 30.5 Å². The number of rotatable bonds is 8. The monoisotopic (exact) mass is 289 g/mol. The fourth-order valence-electron chi connectivity index (χ4n) is 2.45. The molecule has 0 amide bonds. The first-order valence-corrected chi connectivity index (χ1v) is 7.67. The zero-order valence-electron chi connectivity index (χ0n) is 12.5. The second-order valence-electron chi connectivity index (χ2n) is 5.28. The summed E-state index contributed by atoms with van der Waals surface area (Å²) in [6, 6.07) is 7.58. The van der Waals surface area contributed by atoms with Crippen molar-refractivity contribution in [1.29, 1.82) is 0 Å². The number of unbranched alkanes of at least 4 members (excludes halogenated alkanes) is 4. The number of para-hydroxylation sites is 1. The summed E-state index contributed by atoms with van der Waals surface area (Å²) in [4.78, 5) is 17.3. The minimum atomic E-state index is -0.225. The first-order chi connectivity index (χ1) is 10.3. The van der Waals surface area contributed by atoms with Crippen LogP contribution < -0.4 is 4.84 Å². The van der Waals surface area contributed by atoms with Crippen molar-refractivity contribution in [1.82, 2.24) is 4.73 Å². The van der Waals surface area contributed by atoms with Gasteiger partial charge >= 0.3 is 5.97 Å². The Morgan fingerprint density at radius 1 is 1.19 bits per heavy atom. The fourth-order valence-corrected chi connectivity index (χ4v) is 2.45. The molecule has 0 saturated carbocycles. The molecule has 1 aromatic heterocycles. The molecule has 1 N–H and O–H groups in total. The zero-order chi connectivity index (χ0) is 15.1. The first kappa shape index (κ1) is 15.6. The van der Waals surface area contributed by atoms with E-state index in [1.807, 2.05) is 24.3 Å². The van der Waals surface area contributed by atoms with E-state index < -0.39 is 0 Å². The van der Waals surface area contributed by atoms with Gasteiger partial charge in [0.1, 0.15) is 0 Å². The van der Waals surface area contributed by atoms with Gasteiger partial charge in [0.25, 0.3) is 0 Å². The maximum Gasteiger partial charge on any atom is 0.332 e. The average Bonchev–Trinajstić information content (AvgIpc) is 2.85. The van der Waals surface area contributed by atoms with Gasteiger partial charge in [0.15, 0.2) is 0 Å². The third-order valence-electron chi connectivity index (χ3n) is 3.62. The molecule has 0 bridgehead atoms. The number of aliphatic hydroxyl groups excluding tert-OH is 1. The van der Waals surface area contributed by atoms with E-state index in [9.17, 15) is 9.90 Å². The minimum Gasteiger partial charge on any atom is -0.392 e. The van der Waals surface area contributed by atoms with Crippen molar-refractivity contribution in [3.05, 3.63) is 36.0 Å².